The molecule has 0 bridgehead atoms. The summed E-state index contributed by atoms with van der Waals surface area (Å²) >= 11 is 1.55. The number of carbonyl (C=O) groups excluding carboxylic acids is 1. The highest BCUT2D eigenvalue weighted by Crippen LogP contribution is 2.23. The van der Waals surface area contributed by atoms with Crippen LogP contribution in [0.3, 0.4) is 0 Å². The molecule has 0 saturated carbocycles. The fourth-order valence-electron chi connectivity index (χ4n) is 3.17. The summed E-state index contributed by atoms with van der Waals surface area (Å²) in [7, 11) is 0. The molecule has 0 spiro atoms. The molecule has 9 nitrogen and oxygen atoms in total. The van der Waals surface area contributed by atoms with Crippen molar-refractivity contribution in [1.29, 1.82) is 0 Å². The van der Waals surface area contributed by atoms with Crippen LogP contribution >= 0.6 is 11.3 Å². The molecular weight excluding hydrogens is 418 g/mol. The van der Waals surface area contributed by atoms with Gasteiger partial charge >= 0.3 is 5.69 Å². The van der Waals surface area contributed by atoms with Crippen LogP contribution in [0.15, 0.2) is 80.6 Å². The Morgan fingerprint density at radius 3 is 2.77 bits per heavy atom. The molecule has 10 heteroatoms. The first kappa shape index (κ1) is 18.8. The van der Waals surface area contributed by atoms with E-state index in [-0.39, 0.29) is 12.1 Å². The van der Waals surface area contributed by atoms with Gasteiger partial charge in [-0.05, 0) is 24.3 Å². The summed E-state index contributed by atoms with van der Waals surface area (Å²) < 4.78 is 8.05. The van der Waals surface area contributed by atoms with Crippen molar-refractivity contribution in [2.75, 3.05) is 5.32 Å². The normalized spacial score (nSPS) is 11.1. The van der Waals surface area contributed by atoms with Crippen molar-refractivity contribution in [2.24, 2.45) is 0 Å². The lowest BCUT2D eigenvalue weighted by molar-refractivity contribution is 0.102. The van der Waals surface area contributed by atoms with Gasteiger partial charge in [0.05, 0.1) is 18.5 Å². The Kier molecular flexibility index (Phi) is 4.60. The maximum absolute atomic E-state index is 12.7. The molecule has 1 amide bonds. The van der Waals surface area contributed by atoms with Gasteiger partial charge in [-0.3, -0.25) is 18.6 Å². The smallest absolute Gasteiger partial charge is 0.328 e. The second-order valence-corrected chi connectivity index (χ2v) is 7.60. The number of thiazole rings is 1. The zero-order valence-corrected chi connectivity index (χ0v) is 16.8. The molecule has 2 N–H and O–H groups in total. The molecule has 0 fully saturated rings. The van der Waals surface area contributed by atoms with Crippen LogP contribution in [0.25, 0.3) is 16.2 Å². The molecule has 0 aliphatic heterocycles. The van der Waals surface area contributed by atoms with Crippen molar-refractivity contribution in [3.8, 4) is 11.3 Å². The molecule has 0 radical (unpaired) electrons. The van der Waals surface area contributed by atoms with E-state index in [9.17, 15) is 14.4 Å². The summed E-state index contributed by atoms with van der Waals surface area (Å²) in [6.07, 6.45) is 6.43. The third kappa shape index (κ3) is 3.60. The second kappa shape index (κ2) is 7.58. The number of fused-ring (bicyclic) bond motifs is 1. The summed E-state index contributed by atoms with van der Waals surface area (Å²) in [6, 6.07) is 10.4. The highest BCUT2D eigenvalue weighted by Gasteiger charge is 2.16. The van der Waals surface area contributed by atoms with Gasteiger partial charge in [-0.1, -0.05) is 12.1 Å². The summed E-state index contributed by atoms with van der Waals surface area (Å²) in [5.41, 5.74) is 0.738. The molecular formula is C21H15N5O4S. The SMILES string of the molecule is O=C(Nc1ccc(-c2cn3ccsc3n2)cc1)c1c[nH]c(=O)n(Cc2ccco2)c1=O. The monoisotopic (exact) mass is 433 g/mol. The van der Waals surface area contributed by atoms with Gasteiger partial charge in [0.2, 0.25) is 0 Å². The van der Waals surface area contributed by atoms with Crippen molar-refractivity contribution in [1.82, 2.24) is 18.9 Å². The summed E-state index contributed by atoms with van der Waals surface area (Å²) in [5, 5.41) is 4.65. The van der Waals surface area contributed by atoms with E-state index < -0.39 is 17.2 Å². The molecule has 0 unspecified atom stereocenters. The van der Waals surface area contributed by atoms with Crippen LogP contribution in [0.4, 0.5) is 5.69 Å². The standard InChI is InChI=1S/C21H15N5O4S/c27-18(16-10-22-20(29)26(19(16)28)11-15-2-1-8-30-15)23-14-5-3-13(4-6-14)17-12-25-7-9-31-21(25)24-17/h1-10,12H,11H2,(H,22,29)(H,23,27). The number of amides is 1. The van der Waals surface area contributed by atoms with Crippen molar-refractivity contribution in [3.05, 3.63) is 98.8 Å². The van der Waals surface area contributed by atoms with Gasteiger partial charge in [0.1, 0.15) is 11.3 Å². The molecule has 0 aliphatic rings. The lowest BCUT2D eigenvalue weighted by atomic mass is 10.1. The maximum Gasteiger partial charge on any atom is 0.328 e. The molecule has 0 saturated heterocycles. The number of hydrogen-bond acceptors (Lipinski definition) is 6. The van der Waals surface area contributed by atoms with Gasteiger partial charge in [0.25, 0.3) is 11.5 Å². The number of hydrogen-bond donors (Lipinski definition) is 2. The van der Waals surface area contributed by atoms with Gasteiger partial charge in [-0.2, -0.15) is 0 Å². The quantitative estimate of drug-likeness (QED) is 0.442. The van der Waals surface area contributed by atoms with Crippen molar-refractivity contribution in [2.45, 2.75) is 6.54 Å². The number of anilines is 1. The van der Waals surface area contributed by atoms with Crippen LogP contribution in [0.2, 0.25) is 0 Å². The minimum atomic E-state index is -0.702. The largest absolute Gasteiger partial charge is 0.467 e. The number of nitrogens with one attached hydrogen (secondary N) is 2. The number of aromatic nitrogens is 4. The topological polar surface area (TPSA) is 114 Å². The molecule has 0 atom stereocenters. The molecule has 0 aliphatic carbocycles. The van der Waals surface area contributed by atoms with E-state index in [4.69, 9.17) is 4.42 Å². The number of furan rings is 1. The summed E-state index contributed by atoms with van der Waals surface area (Å²) in [6.45, 7) is -0.0703. The Bertz CT molecular complexity index is 1460. The van der Waals surface area contributed by atoms with Crippen LogP contribution < -0.4 is 16.6 Å². The zero-order chi connectivity index (χ0) is 21.4. The van der Waals surface area contributed by atoms with E-state index in [0.29, 0.717) is 11.4 Å². The minimum Gasteiger partial charge on any atom is -0.467 e. The predicted molar refractivity (Wildman–Crippen MR) is 116 cm³/mol. The second-order valence-electron chi connectivity index (χ2n) is 6.73. The van der Waals surface area contributed by atoms with Crippen LogP contribution in [0, 0.1) is 0 Å². The van der Waals surface area contributed by atoms with Gasteiger partial charge < -0.3 is 14.7 Å². The van der Waals surface area contributed by atoms with Gasteiger partial charge in [0.15, 0.2) is 4.96 Å². The van der Waals surface area contributed by atoms with E-state index in [2.05, 4.69) is 15.3 Å². The molecule has 4 aromatic heterocycles. The number of aromatic amines is 1. The van der Waals surface area contributed by atoms with Crippen molar-refractivity contribution >= 4 is 27.9 Å². The average molecular weight is 433 g/mol. The minimum absolute atomic E-state index is 0.0703. The first-order valence-corrected chi connectivity index (χ1v) is 10.2. The number of imidazole rings is 1. The average Bonchev–Trinajstić information content (AvgIpc) is 3.49. The van der Waals surface area contributed by atoms with Crippen LogP contribution in [-0.4, -0.2) is 24.8 Å². The number of nitrogens with zero attached hydrogens (tertiary/aromatic N) is 3. The fraction of sp³-hybridized carbons (Fsp3) is 0.0476. The van der Waals surface area contributed by atoms with E-state index in [1.807, 2.05) is 34.3 Å². The molecule has 5 rings (SSSR count). The van der Waals surface area contributed by atoms with Crippen LogP contribution in [0.5, 0.6) is 0 Å². The Morgan fingerprint density at radius 1 is 1.19 bits per heavy atom. The third-order valence-corrected chi connectivity index (χ3v) is 5.50. The lowest BCUT2D eigenvalue weighted by Crippen LogP contribution is -2.39. The van der Waals surface area contributed by atoms with Gasteiger partial charge in [0, 0.05) is 35.2 Å². The van der Waals surface area contributed by atoms with E-state index in [1.165, 1.54) is 6.26 Å². The predicted octanol–water partition coefficient (Wildman–Crippen LogP) is 2.81. The molecule has 154 valence electrons. The number of carbonyl (C=O) groups is 1. The van der Waals surface area contributed by atoms with Gasteiger partial charge in [-0.15, -0.1) is 11.3 Å². The van der Waals surface area contributed by atoms with Crippen molar-refractivity contribution in [3.63, 3.8) is 0 Å². The van der Waals surface area contributed by atoms with Gasteiger partial charge in [-0.25, -0.2) is 9.78 Å². The Balaban J connectivity index is 1.37. The number of rotatable bonds is 5. The first-order valence-electron chi connectivity index (χ1n) is 9.27. The third-order valence-electron chi connectivity index (χ3n) is 4.73. The Hall–Kier alpha value is -4.18. The first-order chi connectivity index (χ1) is 15.1. The van der Waals surface area contributed by atoms with E-state index in [1.54, 1.807) is 35.6 Å². The van der Waals surface area contributed by atoms with E-state index >= 15 is 0 Å². The molecule has 4 heterocycles. The highest BCUT2D eigenvalue weighted by atomic mass is 32.1. The maximum atomic E-state index is 12.7. The Labute approximate surface area is 178 Å². The van der Waals surface area contributed by atoms with E-state index in [0.717, 1.165) is 27.0 Å². The van der Waals surface area contributed by atoms with Crippen LogP contribution in [-0.2, 0) is 6.54 Å². The summed E-state index contributed by atoms with van der Waals surface area (Å²) in [5.74, 6) is -0.190. The van der Waals surface area contributed by atoms with Crippen LogP contribution in [0.1, 0.15) is 16.1 Å². The van der Waals surface area contributed by atoms with Crippen molar-refractivity contribution < 1.29 is 9.21 Å². The Morgan fingerprint density at radius 2 is 2.03 bits per heavy atom. The molecule has 31 heavy (non-hydrogen) atoms. The lowest BCUT2D eigenvalue weighted by Gasteiger charge is -2.08. The summed E-state index contributed by atoms with van der Waals surface area (Å²) in [4.78, 5) is 45.2. The molecule has 5 aromatic rings. The number of benzene rings is 1. The fourth-order valence-corrected chi connectivity index (χ4v) is 3.87. The highest BCUT2D eigenvalue weighted by molar-refractivity contribution is 7.15. The number of H-pyrrole nitrogens is 1. The zero-order valence-electron chi connectivity index (χ0n) is 15.9. The molecule has 1 aromatic carbocycles.